The minimum Gasteiger partial charge on any atom is -0.497 e. The number of methoxy groups -OCH3 is 1. The van der Waals surface area contributed by atoms with Gasteiger partial charge in [0, 0.05) is 0 Å². The van der Waals surface area contributed by atoms with Gasteiger partial charge in [0.15, 0.2) is 0 Å². The Morgan fingerprint density at radius 3 is 2.85 bits per heavy atom. The molecule has 13 heavy (non-hydrogen) atoms. The summed E-state index contributed by atoms with van der Waals surface area (Å²) < 4.78 is 5.10. The van der Waals surface area contributed by atoms with Crippen LogP contribution in [-0.4, -0.2) is 18.3 Å². The second-order valence-corrected chi connectivity index (χ2v) is 3.24. The van der Waals surface area contributed by atoms with Gasteiger partial charge in [-0.05, 0) is 37.5 Å². The Morgan fingerprint density at radius 2 is 2.23 bits per heavy atom. The van der Waals surface area contributed by atoms with E-state index in [1.807, 2.05) is 24.3 Å². The molecule has 0 aliphatic heterocycles. The third-order valence-corrected chi connectivity index (χ3v) is 1.98. The van der Waals surface area contributed by atoms with Crippen LogP contribution >= 0.6 is 0 Å². The molecule has 2 heteroatoms. The van der Waals surface area contributed by atoms with E-state index in [4.69, 9.17) is 9.84 Å². The fourth-order valence-corrected chi connectivity index (χ4v) is 1.20. The number of hydrogen-bond acceptors (Lipinski definition) is 2. The molecule has 0 aliphatic rings. The van der Waals surface area contributed by atoms with Crippen LogP contribution in [0.4, 0.5) is 0 Å². The molecule has 0 radical (unpaired) electrons. The summed E-state index contributed by atoms with van der Waals surface area (Å²) in [6.07, 6.45) is 1.47. The number of aliphatic hydroxyl groups excluding tert-OH is 1. The zero-order chi connectivity index (χ0) is 9.68. The van der Waals surface area contributed by atoms with Crippen molar-refractivity contribution in [2.45, 2.75) is 25.9 Å². The number of aliphatic hydroxyl groups is 1. The second-order valence-electron chi connectivity index (χ2n) is 3.24. The van der Waals surface area contributed by atoms with Gasteiger partial charge in [0.25, 0.3) is 0 Å². The van der Waals surface area contributed by atoms with Crippen LogP contribution < -0.4 is 4.74 Å². The molecule has 0 saturated heterocycles. The van der Waals surface area contributed by atoms with Crippen molar-refractivity contribution in [3.05, 3.63) is 29.8 Å². The van der Waals surface area contributed by atoms with Crippen LogP contribution in [-0.2, 0) is 6.42 Å². The summed E-state index contributed by atoms with van der Waals surface area (Å²) in [7, 11) is 1.66. The predicted molar refractivity (Wildman–Crippen MR) is 53.0 cm³/mol. The molecule has 0 bridgehead atoms. The highest BCUT2D eigenvalue weighted by Crippen LogP contribution is 2.14. The minimum absolute atomic E-state index is 0.230. The Morgan fingerprint density at radius 1 is 1.46 bits per heavy atom. The molecule has 0 fully saturated rings. The first kappa shape index (κ1) is 10.1. The highest BCUT2D eigenvalue weighted by atomic mass is 16.5. The summed E-state index contributed by atoms with van der Waals surface area (Å²) in [6, 6.07) is 7.94. The summed E-state index contributed by atoms with van der Waals surface area (Å²) >= 11 is 0. The normalized spacial score (nSPS) is 12.5. The van der Waals surface area contributed by atoms with Gasteiger partial charge in [-0.25, -0.2) is 0 Å². The molecule has 1 atom stereocenters. The Hall–Kier alpha value is -1.02. The summed E-state index contributed by atoms with van der Waals surface area (Å²) in [5.41, 5.74) is 1.21. The second kappa shape index (κ2) is 4.87. The standard InChI is InChI=1S/C11H16O2/c1-9(12)6-7-10-4-3-5-11(8-10)13-2/h3-5,8-9,12H,6-7H2,1-2H3. The molecule has 72 valence electrons. The van der Waals surface area contributed by atoms with E-state index in [1.54, 1.807) is 14.0 Å². The van der Waals surface area contributed by atoms with Gasteiger partial charge in [0.2, 0.25) is 0 Å². The third-order valence-electron chi connectivity index (χ3n) is 1.98. The van der Waals surface area contributed by atoms with Crippen LogP contribution in [0.1, 0.15) is 18.9 Å². The van der Waals surface area contributed by atoms with E-state index in [9.17, 15) is 0 Å². The molecule has 1 rings (SSSR count). The molecule has 2 nitrogen and oxygen atoms in total. The first-order chi connectivity index (χ1) is 6.22. The Bertz CT molecular complexity index is 256. The van der Waals surface area contributed by atoms with E-state index in [1.165, 1.54) is 5.56 Å². The molecule has 1 N–H and O–H groups in total. The smallest absolute Gasteiger partial charge is 0.119 e. The van der Waals surface area contributed by atoms with Crippen LogP contribution in [0.3, 0.4) is 0 Å². The van der Waals surface area contributed by atoms with Gasteiger partial charge in [0.1, 0.15) is 5.75 Å². The highest BCUT2D eigenvalue weighted by molar-refractivity contribution is 5.28. The fourth-order valence-electron chi connectivity index (χ4n) is 1.20. The maximum absolute atomic E-state index is 9.11. The number of ether oxygens (including phenoxy) is 1. The van der Waals surface area contributed by atoms with Crippen molar-refractivity contribution >= 4 is 0 Å². The van der Waals surface area contributed by atoms with E-state index < -0.39 is 0 Å². The SMILES string of the molecule is COc1cccc(CCC(C)O)c1. The maximum atomic E-state index is 9.11. The molecule has 0 amide bonds. The Kier molecular flexibility index (Phi) is 3.77. The first-order valence-electron chi connectivity index (χ1n) is 4.53. The van der Waals surface area contributed by atoms with Gasteiger partial charge < -0.3 is 9.84 Å². The van der Waals surface area contributed by atoms with Crippen molar-refractivity contribution in [1.29, 1.82) is 0 Å². The van der Waals surface area contributed by atoms with E-state index in [2.05, 4.69) is 0 Å². The summed E-state index contributed by atoms with van der Waals surface area (Å²) in [6.45, 7) is 1.81. The topological polar surface area (TPSA) is 29.5 Å². The molecule has 0 spiro atoms. The number of hydrogen-bond donors (Lipinski definition) is 1. The number of aryl methyl sites for hydroxylation is 1. The average molecular weight is 180 g/mol. The number of rotatable bonds is 4. The monoisotopic (exact) mass is 180 g/mol. The molecule has 0 heterocycles. The minimum atomic E-state index is -0.230. The molecule has 0 aliphatic carbocycles. The fraction of sp³-hybridized carbons (Fsp3) is 0.455. The lowest BCUT2D eigenvalue weighted by Crippen LogP contribution is -2.01. The number of benzene rings is 1. The molecular weight excluding hydrogens is 164 g/mol. The lowest BCUT2D eigenvalue weighted by atomic mass is 10.1. The van der Waals surface area contributed by atoms with E-state index >= 15 is 0 Å². The van der Waals surface area contributed by atoms with Crippen molar-refractivity contribution in [2.75, 3.05) is 7.11 Å². The summed E-state index contributed by atoms with van der Waals surface area (Å²) in [5, 5.41) is 9.11. The van der Waals surface area contributed by atoms with Crippen LogP contribution in [0.15, 0.2) is 24.3 Å². The Labute approximate surface area is 79.2 Å². The predicted octanol–water partition coefficient (Wildman–Crippen LogP) is 2.01. The van der Waals surface area contributed by atoms with Crippen molar-refractivity contribution in [2.24, 2.45) is 0 Å². The summed E-state index contributed by atoms with van der Waals surface area (Å²) in [4.78, 5) is 0. The Balaban J connectivity index is 2.56. The highest BCUT2D eigenvalue weighted by Gasteiger charge is 1.98. The molecule has 0 saturated carbocycles. The van der Waals surface area contributed by atoms with Gasteiger partial charge in [-0.2, -0.15) is 0 Å². The van der Waals surface area contributed by atoms with E-state index in [0.717, 1.165) is 18.6 Å². The molecule has 0 aromatic heterocycles. The van der Waals surface area contributed by atoms with E-state index in [-0.39, 0.29) is 6.10 Å². The largest absolute Gasteiger partial charge is 0.497 e. The molecule has 1 aromatic carbocycles. The zero-order valence-corrected chi connectivity index (χ0v) is 8.16. The molecular formula is C11H16O2. The van der Waals surface area contributed by atoms with Gasteiger partial charge in [0.05, 0.1) is 13.2 Å². The maximum Gasteiger partial charge on any atom is 0.119 e. The van der Waals surface area contributed by atoms with E-state index in [0.29, 0.717) is 0 Å². The third kappa shape index (κ3) is 3.47. The van der Waals surface area contributed by atoms with Crippen LogP contribution in [0.25, 0.3) is 0 Å². The molecule has 1 unspecified atom stereocenters. The average Bonchev–Trinajstić information content (AvgIpc) is 2.15. The van der Waals surface area contributed by atoms with Gasteiger partial charge in [-0.1, -0.05) is 12.1 Å². The quantitative estimate of drug-likeness (QED) is 0.768. The van der Waals surface area contributed by atoms with Crippen molar-refractivity contribution in [1.82, 2.24) is 0 Å². The first-order valence-corrected chi connectivity index (χ1v) is 4.53. The summed E-state index contributed by atoms with van der Waals surface area (Å²) in [5.74, 6) is 0.878. The van der Waals surface area contributed by atoms with Gasteiger partial charge >= 0.3 is 0 Å². The van der Waals surface area contributed by atoms with Crippen molar-refractivity contribution < 1.29 is 9.84 Å². The lowest BCUT2D eigenvalue weighted by molar-refractivity contribution is 0.185. The van der Waals surface area contributed by atoms with Gasteiger partial charge in [-0.3, -0.25) is 0 Å². The molecule has 1 aromatic rings. The van der Waals surface area contributed by atoms with Crippen molar-refractivity contribution in [3.8, 4) is 5.75 Å². The van der Waals surface area contributed by atoms with Crippen LogP contribution in [0.5, 0.6) is 5.75 Å². The van der Waals surface area contributed by atoms with Gasteiger partial charge in [-0.15, -0.1) is 0 Å². The van der Waals surface area contributed by atoms with Crippen LogP contribution in [0.2, 0.25) is 0 Å². The lowest BCUT2D eigenvalue weighted by Gasteiger charge is -2.05. The van der Waals surface area contributed by atoms with Crippen LogP contribution in [0, 0.1) is 0 Å². The van der Waals surface area contributed by atoms with Crippen molar-refractivity contribution in [3.63, 3.8) is 0 Å². The zero-order valence-electron chi connectivity index (χ0n) is 8.16.